The Labute approximate surface area is 105 Å². The fraction of sp³-hybridized carbons (Fsp3) is 0.929. The van der Waals surface area contributed by atoms with Gasteiger partial charge >= 0.3 is 5.97 Å². The Morgan fingerprint density at radius 2 is 1.82 bits per heavy atom. The van der Waals surface area contributed by atoms with Crippen LogP contribution in [0, 0.1) is 11.3 Å². The number of hydrogen-bond acceptors (Lipinski definition) is 3. The summed E-state index contributed by atoms with van der Waals surface area (Å²) < 4.78 is 4.85. The molecular weight excluding hydrogens is 214 g/mol. The first-order valence-corrected chi connectivity index (χ1v) is 6.69. The molecule has 1 rings (SSSR count). The van der Waals surface area contributed by atoms with E-state index in [0.717, 1.165) is 12.8 Å². The standard InChI is InChI=1S/C14H27NO2/c1-10(2)12(13(16)17-5)15-11-6-8-14(3,4)9-7-11/h10-12,15H,6-9H2,1-5H3. The minimum absolute atomic E-state index is 0.134. The van der Waals surface area contributed by atoms with E-state index >= 15 is 0 Å². The van der Waals surface area contributed by atoms with E-state index in [1.807, 2.05) is 0 Å². The van der Waals surface area contributed by atoms with Gasteiger partial charge in [0, 0.05) is 6.04 Å². The largest absolute Gasteiger partial charge is 0.468 e. The molecule has 0 bridgehead atoms. The highest BCUT2D eigenvalue weighted by atomic mass is 16.5. The van der Waals surface area contributed by atoms with Crippen LogP contribution in [0.5, 0.6) is 0 Å². The molecule has 1 N–H and O–H groups in total. The second-order valence-corrected chi connectivity index (χ2v) is 6.35. The van der Waals surface area contributed by atoms with Crippen LogP contribution in [0.1, 0.15) is 53.4 Å². The molecule has 100 valence electrons. The summed E-state index contributed by atoms with van der Waals surface area (Å²) in [5, 5.41) is 3.47. The van der Waals surface area contributed by atoms with Crippen molar-refractivity contribution >= 4 is 5.97 Å². The molecule has 1 aliphatic rings. The van der Waals surface area contributed by atoms with Crippen molar-refractivity contribution in [1.82, 2.24) is 5.32 Å². The van der Waals surface area contributed by atoms with Gasteiger partial charge < -0.3 is 10.1 Å². The van der Waals surface area contributed by atoms with Crippen LogP contribution in [-0.4, -0.2) is 25.2 Å². The number of nitrogens with one attached hydrogen (secondary N) is 1. The zero-order valence-electron chi connectivity index (χ0n) is 11.9. The third-order valence-electron chi connectivity index (χ3n) is 3.88. The molecule has 0 amide bonds. The van der Waals surface area contributed by atoms with Gasteiger partial charge in [-0.2, -0.15) is 0 Å². The van der Waals surface area contributed by atoms with Gasteiger partial charge in [-0.25, -0.2) is 0 Å². The molecule has 0 aliphatic heterocycles. The van der Waals surface area contributed by atoms with Crippen LogP contribution in [0.25, 0.3) is 0 Å². The fourth-order valence-electron chi connectivity index (χ4n) is 2.48. The van der Waals surface area contributed by atoms with E-state index in [4.69, 9.17) is 4.74 Å². The topological polar surface area (TPSA) is 38.3 Å². The zero-order chi connectivity index (χ0) is 13.1. The molecule has 0 saturated heterocycles. The van der Waals surface area contributed by atoms with Gasteiger partial charge in [0.1, 0.15) is 6.04 Å². The molecule has 0 spiro atoms. The van der Waals surface area contributed by atoms with Crippen LogP contribution in [0.4, 0.5) is 0 Å². The lowest BCUT2D eigenvalue weighted by molar-refractivity contribution is -0.144. The second-order valence-electron chi connectivity index (χ2n) is 6.35. The van der Waals surface area contributed by atoms with Crippen molar-refractivity contribution in [2.45, 2.75) is 65.5 Å². The maximum absolute atomic E-state index is 11.7. The summed E-state index contributed by atoms with van der Waals surface area (Å²) in [7, 11) is 1.46. The zero-order valence-corrected chi connectivity index (χ0v) is 11.9. The Hall–Kier alpha value is -0.570. The van der Waals surface area contributed by atoms with E-state index in [0.29, 0.717) is 11.5 Å². The summed E-state index contributed by atoms with van der Waals surface area (Å²) in [6.07, 6.45) is 4.79. The molecule has 1 fully saturated rings. The van der Waals surface area contributed by atoms with Crippen molar-refractivity contribution in [2.24, 2.45) is 11.3 Å². The quantitative estimate of drug-likeness (QED) is 0.769. The van der Waals surface area contributed by atoms with Crippen molar-refractivity contribution in [3.63, 3.8) is 0 Å². The van der Waals surface area contributed by atoms with Gasteiger partial charge in [0.15, 0.2) is 0 Å². The second kappa shape index (κ2) is 5.85. The highest BCUT2D eigenvalue weighted by Crippen LogP contribution is 2.35. The molecule has 0 aromatic rings. The Morgan fingerprint density at radius 3 is 2.24 bits per heavy atom. The smallest absolute Gasteiger partial charge is 0.323 e. The fourth-order valence-corrected chi connectivity index (χ4v) is 2.48. The summed E-state index contributed by atoms with van der Waals surface area (Å²) >= 11 is 0. The Morgan fingerprint density at radius 1 is 1.29 bits per heavy atom. The van der Waals surface area contributed by atoms with E-state index < -0.39 is 0 Å². The maximum atomic E-state index is 11.7. The first-order valence-electron chi connectivity index (χ1n) is 6.69. The molecule has 3 heteroatoms. The van der Waals surface area contributed by atoms with Gasteiger partial charge in [0.2, 0.25) is 0 Å². The highest BCUT2D eigenvalue weighted by molar-refractivity contribution is 5.75. The molecule has 0 radical (unpaired) electrons. The Bertz CT molecular complexity index is 251. The number of methoxy groups -OCH3 is 1. The summed E-state index contributed by atoms with van der Waals surface area (Å²) in [5.41, 5.74) is 0.469. The third kappa shape index (κ3) is 4.30. The summed E-state index contributed by atoms with van der Waals surface area (Å²) in [6.45, 7) is 8.76. The monoisotopic (exact) mass is 241 g/mol. The summed E-state index contributed by atoms with van der Waals surface area (Å²) in [6, 6.07) is 0.306. The summed E-state index contributed by atoms with van der Waals surface area (Å²) in [5.74, 6) is 0.141. The Balaban J connectivity index is 2.49. The third-order valence-corrected chi connectivity index (χ3v) is 3.88. The van der Waals surface area contributed by atoms with Gasteiger partial charge in [-0.3, -0.25) is 4.79 Å². The number of carbonyl (C=O) groups excluding carboxylic acids is 1. The predicted molar refractivity (Wildman–Crippen MR) is 69.8 cm³/mol. The van der Waals surface area contributed by atoms with Crippen LogP contribution < -0.4 is 5.32 Å². The van der Waals surface area contributed by atoms with E-state index in [1.165, 1.54) is 20.0 Å². The first kappa shape index (κ1) is 14.5. The minimum atomic E-state index is -0.161. The van der Waals surface area contributed by atoms with Crippen molar-refractivity contribution < 1.29 is 9.53 Å². The van der Waals surface area contributed by atoms with Crippen LogP contribution in [0.2, 0.25) is 0 Å². The van der Waals surface area contributed by atoms with Crippen molar-refractivity contribution in [2.75, 3.05) is 7.11 Å². The van der Waals surface area contributed by atoms with E-state index in [2.05, 4.69) is 33.0 Å². The number of carbonyl (C=O) groups is 1. The van der Waals surface area contributed by atoms with Crippen LogP contribution >= 0.6 is 0 Å². The minimum Gasteiger partial charge on any atom is -0.468 e. The molecule has 0 aromatic heterocycles. The highest BCUT2D eigenvalue weighted by Gasteiger charge is 2.31. The number of rotatable bonds is 4. The van der Waals surface area contributed by atoms with Gasteiger partial charge in [0.25, 0.3) is 0 Å². The molecule has 17 heavy (non-hydrogen) atoms. The number of ether oxygens (including phenoxy) is 1. The van der Waals surface area contributed by atoms with E-state index in [1.54, 1.807) is 0 Å². The van der Waals surface area contributed by atoms with E-state index in [-0.39, 0.29) is 17.9 Å². The molecule has 1 atom stereocenters. The number of esters is 1. The van der Waals surface area contributed by atoms with Gasteiger partial charge in [0.05, 0.1) is 7.11 Å². The lowest BCUT2D eigenvalue weighted by Crippen LogP contribution is -2.48. The maximum Gasteiger partial charge on any atom is 0.323 e. The van der Waals surface area contributed by atoms with Crippen molar-refractivity contribution in [3.8, 4) is 0 Å². The SMILES string of the molecule is COC(=O)C(NC1CCC(C)(C)CC1)C(C)C. The first-order chi connectivity index (χ1) is 7.85. The van der Waals surface area contributed by atoms with Gasteiger partial charge in [-0.1, -0.05) is 27.7 Å². The normalized spacial score (nSPS) is 22.5. The molecule has 0 heterocycles. The van der Waals surface area contributed by atoms with E-state index in [9.17, 15) is 4.79 Å². The van der Waals surface area contributed by atoms with Crippen LogP contribution in [0.3, 0.4) is 0 Å². The lowest BCUT2D eigenvalue weighted by Gasteiger charge is -2.36. The van der Waals surface area contributed by atoms with Crippen molar-refractivity contribution in [3.05, 3.63) is 0 Å². The summed E-state index contributed by atoms with van der Waals surface area (Å²) in [4.78, 5) is 11.7. The average molecular weight is 241 g/mol. The van der Waals surface area contributed by atoms with Gasteiger partial charge in [-0.05, 0) is 37.0 Å². The molecule has 1 unspecified atom stereocenters. The molecule has 0 aromatic carbocycles. The predicted octanol–water partition coefficient (Wildman–Crippen LogP) is 2.74. The van der Waals surface area contributed by atoms with Crippen LogP contribution in [0.15, 0.2) is 0 Å². The molecule has 1 saturated carbocycles. The molecule has 1 aliphatic carbocycles. The van der Waals surface area contributed by atoms with Crippen LogP contribution in [-0.2, 0) is 9.53 Å². The Kier molecular flexibility index (Phi) is 4.99. The average Bonchev–Trinajstić information content (AvgIpc) is 2.26. The molecule has 3 nitrogen and oxygen atoms in total. The lowest BCUT2D eigenvalue weighted by atomic mass is 9.75. The number of hydrogen-bond donors (Lipinski definition) is 1. The van der Waals surface area contributed by atoms with Crippen molar-refractivity contribution in [1.29, 1.82) is 0 Å². The van der Waals surface area contributed by atoms with Gasteiger partial charge in [-0.15, -0.1) is 0 Å². The molecular formula is C14H27NO2.